The molecule has 1 atom stereocenters. The first-order valence-corrected chi connectivity index (χ1v) is 5.27. The summed E-state index contributed by atoms with van der Waals surface area (Å²) < 4.78 is 18.0. The van der Waals surface area contributed by atoms with Gasteiger partial charge < -0.3 is 10.1 Å². The van der Waals surface area contributed by atoms with Crippen molar-refractivity contribution < 1.29 is 13.9 Å². The van der Waals surface area contributed by atoms with Gasteiger partial charge in [0.25, 0.3) is 0 Å². The van der Waals surface area contributed by atoms with E-state index in [2.05, 4.69) is 10.1 Å². The van der Waals surface area contributed by atoms with Crippen LogP contribution in [0.3, 0.4) is 0 Å². The number of hydrogen-bond acceptors (Lipinski definition) is 3. The summed E-state index contributed by atoms with van der Waals surface area (Å²) in [6, 6.07) is 5.11. The molecule has 1 aromatic carbocycles. The van der Waals surface area contributed by atoms with E-state index in [1.165, 1.54) is 13.2 Å². The lowest BCUT2D eigenvalue weighted by molar-refractivity contribution is -0.141. The van der Waals surface area contributed by atoms with Gasteiger partial charge in [-0.15, -0.1) is 0 Å². The highest BCUT2D eigenvalue weighted by atomic mass is 19.1. The highest BCUT2D eigenvalue weighted by Gasteiger charge is 2.22. The fourth-order valence-corrected chi connectivity index (χ4v) is 2.01. The highest BCUT2D eigenvalue weighted by molar-refractivity contribution is 5.70. The molecule has 0 bridgehead atoms. The Labute approximate surface area is 93.6 Å². The zero-order chi connectivity index (χ0) is 11.5. The number of nitrogens with one attached hydrogen (secondary N) is 1. The number of methoxy groups -OCH3 is 1. The molecule has 3 nitrogen and oxygen atoms in total. The van der Waals surface area contributed by atoms with Crippen molar-refractivity contribution in [3.05, 3.63) is 35.1 Å². The van der Waals surface area contributed by atoms with Crippen LogP contribution in [0.25, 0.3) is 0 Å². The third-order valence-corrected chi connectivity index (χ3v) is 2.89. The van der Waals surface area contributed by atoms with E-state index in [1.54, 1.807) is 6.07 Å². The molecule has 86 valence electrons. The number of hydrogen-bond donors (Lipinski definition) is 1. The summed E-state index contributed by atoms with van der Waals surface area (Å²) >= 11 is 0. The average Bonchev–Trinajstić information content (AvgIpc) is 2.29. The first-order chi connectivity index (χ1) is 7.70. The Bertz CT molecular complexity index is 406. The van der Waals surface area contributed by atoms with Gasteiger partial charge in [0.2, 0.25) is 0 Å². The molecule has 1 aliphatic rings. The van der Waals surface area contributed by atoms with Gasteiger partial charge in [0.15, 0.2) is 0 Å². The number of carbonyl (C=O) groups is 1. The highest BCUT2D eigenvalue weighted by Crippen LogP contribution is 2.20. The molecule has 1 aliphatic heterocycles. The van der Waals surface area contributed by atoms with Gasteiger partial charge >= 0.3 is 5.97 Å². The monoisotopic (exact) mass is 223 g/mol. The molecule has 0 saturated heterocycles. The lowest BCUT2D eigenvalue weighted by atomic mass is 9.94. The van der Waals surface area contributed by atoms with Gasteiger partial charge in [-0.2, -0.15) is 0 Å². The number of fused-ring (bicyclic) bond motifs is 1. The van der Waals surface area contributed by atoms with Gasteiger partial charge in [-0.3, -0.25) is 4.79 Å². The Morgan fingerprint density at radius 2 is 2.44 bits per heavy atom. The SMILES string of the molecule is COC(=O)CC1Cc2cccc(F)c2CN1. The number of benzene rings is 1. The zero-order valence-electron chi connectivity index (χ0n) is 9.13. The number of esters is 1. The van der Waals surface area contributed by atoms with E-state index in [9.17, 15) is 9.18 Å². The molecule has 1 unspecified atom stereocenters. The molecule has 0 saturated carbocycles. The topological polar surface area (TPSA) is 38.3 Å². The summed E-state index contributed by atoms with van der Waals surface area (Å²) in [6.07, 6.45) is 0.995. The van der Waals surface area contributed by atoms with E-state index in [0.29, 0.717) is 24.9 Å². The van der Waals surface area contributed by atoms with Crippen LogP contribution in [0.5, 0.6) is 0 Å². The van der Waals surface area contributed by atoms with Crippen LogP contribution >= 0.6 is 0 Å². The normalized spacial score (nSPS) is 19.0. The number of halogens is 1. The Morgan fingerprint density at radius 3 is 3.19 bits per heavy atom. The maximum absolute atomic E-state index is 13.4. The predicted molar refractivity (Wildman–Crippen MR) is 57.4 cm³/mol. The lowest BCUT2D eigenvalue weighted by Crippen LogP contribution is -2.37. The molecule has 0 aromatic heterocycles. The van der Waals surface area contributed by atoms with Crippen molar-refractivity contribution >= 4 is 5.97 Å². The van der Waals surface area contributed by atoms with Gasteiger partial charge in [-0.1, -0.05) is 12.1 Å². The number of rotatable bonds is 2. The lowest BCUT2D eigenvalue weighted by Gasteiger charge is -2.25. The molecule has 1 heterocycles. The Kier molecular flexibility index (Phi) is 3.19. The second kappa shape index (κ2) is 4.61. The molecule has 0 spiro atoms. The van der Waals surface area contributed by atoms with Crippen LogP contribution in [0, 0.1) is 5.82 Å². The quantitative estimate of drug-likeness (QED) is 0.770. The van der Waals surface area contributed by atoms with E-state index < -0.39 is 0 Å². The minimum Gasteiger partial charge on any atom is -0.469 e. The van der Waals surface area contributed by atoms with Crippen LogP contribution in [0.4, 0.5) is 4.39 Å². The van der Waals surface area contributed by atoms with Crippen LogP contribution in [0.1, 0.15) is 17.5 Å². The second-order valence-electron chi connectivity index (χ2n) is 3.94. The molecule has 1 N–H and O–H groups in total. The molecule has 0 aliphatic carbocycles. The number of carbonyl (C=O) groups excluding carboxylic acids is 1. The molecule has 4 heteroatoms. The van der Waals surface area contributed by atoms with Gasteiger partial charge in [-0.25, -0.2) is 4.39 Å². The van der Waals surface area contributed by atoms with E-state index >= 15 is 0 Å². The summed E-state index contributed by atoms with van der Waals surface area (Å²) in [4.78, 5) is 11.1. The molecule has 0 fully saturated rings. The maximum atomic E-state index is 13.4. The standard InChI is InChI=1S/C12H14FNO2/c1-16-12(15)6-9-5-8-3-2-4-11(13)10(8)7-14-9/h2-4,9,14H,5-7H2,1H3. The summed E-state index contributed by atoms with van der Waals surface area (Å²) in [6.45, 7) is 0.476. The van der Waals surface area contributed by atoms with Crippen molar-refractivity contribution in [1.29, 1.82) is 0 Å². The Balaban J connectivity index is 2.09. The first-order valence-electron chi connectivity index (χ1n) is 5.27. The van der Waals surface area contributed by atoms with Crippen LogP contribution < -0.4 is 5.32 Å². The molecular weight excluding hydrogens is 209 g/mol. The van der Waals surface area contributed by atoms with Gasteiger partial charge in [-0.05, 0) is 18.1 Å². The second-order valence-corrected chi connectivity index (χ2v) is 3.94. The van der Waals surface area contributed by atoms with Crippen LogP contribution in [0.2, 0.25) is 0 Å². The Hall–Kier alpha value is -1.42. The van der Waals surface area contributed by atoms with Crippen LogP contribution in [0.15, 0.2) is 18.2 Å². The minimum atomic E-state index is -0.239. The fourth-order valence-electron chi connectivity index (χ4n) is 2.01. The smallest absolute Gasteiger partial charge is 0.307 e. The molecule has 0 amide bonds. The summed E-state index contributed by atoms with van der Waals surface area (Å²) in [5.74, 6) is -0.418. The van der Waals surface area contributed by atoms with E-state index in [0.717, 1.165) is 5.56 Å². The van der Waals surface area contributed by atoms with E-state index in [-0.39, 0.29) is 17.8 Å². The molecule has 1 aromatic rings. The van der Waals surface area contributed by atoms with Crippen molar-refractivity contribution in [1.82, 2.24) is 5.32 Å². The fraction of sp³-hybridized carbons (Fsp3) is 0.417. The van der Waals surface area contributed by atoms with E-state index in [4.69, 9.17) is 0 Å². The minimum absolute atomic E-state index is 0.0433. The van der Waals surface area contributed by atoms with Gasteiger partial charge in [0.05, 0.1) is 13.5 Å². The molecule has 0 radical (unpaired) electrons. The van der Waals surface area contributed by atoms with Gasteiger partial charge in [0, 0.05) is 18.2 Å². The van der Waals surface area contributed by atoms with Crippen LogP contribution in [-0.4, -0.2) is 19.1 Å². The molecular formula is C12H14FNO2. The van der Waals surface area contributed by atoms with Crippen molar-refractivity contribution in [2.75, 3.05) is 7.11 Å². The first kappa shape index (κ1) is 11.1. The third-order valence-electron chi connectivity index (χ3n) is 2.89. The predicted octanol–water partition coefficient (Wildman–Crippen LogP) is 1.40. The van der Waals surface area contributed by atoms with Crippen molar-refractivity contribution in [3.8, 4) is 0 Å². The maximum Gasteiger partial charge on any atom is 0.307 e. The summed E-state index contributed by atoms with van der Waals surface area (Å²) in [7, 11) is 1.37. The van der Waals surface area contributed by atoms with Crippen molar-refractivity contribution in [2.24, 2.45) is 0 Å². The molecule has 2 rings (SSSR count). The summed E-state index contributed by atoms with van der Waals surface area (Å²) in [5.41, 5.74) is 1.69. The average molecular weight is 223 g/mol. The zero-order valence-corrected chi connectivity index (χ0v) is 9.13. The molecule has 16 heavy (non-hydrogen) atoms. The Morgan fingerprint density at radius 1 is 1.62 bits per heavy atom. The van der Waals surface area contributed by atoms with Crippen molar-refractivity contribution in [2.45, 2.75) is 25.4 Å². The largest absolute Gasteiger partial charge is 0.469 e. The third kappa shape index (κ3) is 2.22. The number of ether oxygens (including phenoxy) is 1. The summed E-state index contributed by atoms with van der Waals surface area (Å²) in [5, 5.41) is 3.14. The van der Waals surface area contributed by atoms with E-state index in [1.807, 2.05) is 6.07 Å². The van der Waals surface area contributed by atoms with Gasteiger partial charge in [0.1, 0.15) is 5.82 Å². The van der Waals surface area contributed by atoms with Crippen LogP contribution in [-0.2, 0) is 22.5 Å². The van der Waals surface area contributed by atoms with Crippen molar-refractivity contribution in [3.63, 3.8) is 0 Å².